The molecule has 1 aliphatic heterocycles. The SMILES string of the molecule is Cc1ncccc1CNCCCCN1C[C@@H](C)O[C@@H](C)C1. The summed E-state index contributed by atoms with van der Waals surface area (Å²) in [5, 5.41) is 3.51. The largest absolute Gasteiger partial charge is 0.373 e. The average molecular weight is 291 g/mol. The molecule has 0 spiro atoms. The molecule has 21 heavy (non-hydrogen) atoms. The molecule has 118 valence electrons. The molecular formula is C17H29N3O. The van der Waals surface area contributed by atoms with Crippen molar-refractivity contribution in [2.75, 3.05) is 26.2 Å². The number of rotatable bonds is 7. The molecule has 2 rings (SSSR count). The maximum Gasteiger partial charge on any atom is 0.0678 e. The Morgan fingerprint density at radius 1 is 1.29 bits per heavy atom. The minimum absolute atomic E-state index is 0.375. The Morgan fingerprint density at radius 2 is 2.05 bits per heavy atom. The lowest BCUT2D eigenvalue weighted by molar-refractivity contribution is -0.0681. The van der Waals surface area contributed by atoms with Gasteiger partial charge in [-0.1, -0.05) is 6.07 Å². The zero-order valence-corrected chi connectivity index (χ0v) is 13.6. The smallest absolute Gasteiger partial charge is 0.0678 e. The second-order valence-electron chi connectivity index (χ2n) is 6.15. The number of unbranched alkanes of at least 4 members (excludes halogenated alkanes) is 1. The molecule has 2 atom stereocenters. The van der Waals surface area contributed by atoms with Gasteiger partial charge in [-0.15, -0.1) is 0 Å². The summed E-state index contributed by atoms with van der Waals surface area (Å²) in [5.41, 5.74) is 2.43. The van der Waals surface area contributed by atoms with Gasteiger partial charge in [0, 0.05) is 31.5 Å². The summed E-state index contributed by atoms with van der Waals surface area (Å²) >= 11 is 0. The van der Waals surface area contributed by atoms with E-state index in [9.17, 15) is 0 Å². The summed E-state index contributed by atoms with van der Waals surface area (Å²) in [6.07, 6.45) is 5.07. The van der Waals surface area contributed by atoms with Crippen molar-refractivity contribution in [3.8, 4) is 0 Å². The summed E-state index contributed by atoms with van der Waals surface area (Å²) in [5.74, 6) is 0. The quantitative estimate of drug-likeness (QED) is 0.783. The first-order valence-corrected chi connectivity index (χ1v) is 8.14. The molecule has 4 heteroatoms. The molecule has 1 aromatic rings. The van der Waals surface area contributed by atoms with E-state index >= 15 is 0 Å². The number of hydrogen-bond acceptors (Lipinski definition) is 4. The van der Waals surface area contributed by atoms with Gasteiger partial charge in [-0.2, -0.15) is 0 Å². The van der Waals surface area contributed by atoms with E-state index in [1.54, 1.807) is 0 Å². The van der Waals surface area contributed by atoms with Gasteiger partial charge in [0.25, 0.3) is 0 Å². The molecule has 1 aromatic heterocycles. The van der Waals surface area contributed by atoms with Crippen molar-refractivity contribution in [3.63, 3.8) is 0 Å². The Morgan fingerprint density at radius 3 is 2.76 bits per heavy atom. The zero-order valence-electron chi connectivity index (χ0n) is 13.6. The van der Waals surface area contributed by atoms with Crippen molar-refractivity contribution in [3.05, 3.63) is 29.6 Å². The van der Waals surface area contributed by atoms with Gasteiger partial charge in [0.05, 0.1) is 12.2 Å². The third-order valence-corrected chi connectivity index (χ3v) is 4.00. The monoisotopic (exact) mass is 291 g/mol. The van der Waals surface area contributed by atoms with Crippen molar-refractivity contribution in [2.45, 2.75) is 52.4 Å². The van der Waals surface area contributed by atoms with Crippen LogP contribution in [0, 0.1) is 6.92 Å². The summed E-state index contributed by atoms with van der Waals surface area (Å²) < 4.78 is 5.76. The fraction of sp³-hybridized carbons (Fsp3) is 0.706. The first kappa shape index (κ1) is 16.4. The highest BCUT2D eigenvalue weighted by Crippen LogP contribution is 2.11. The molecule has 0 amide bonds. The normalized spacial score (nSPS) is 23.4. The molecule has 1 aliphatic rings. The van der Waals surface area contributed by atoms with Crippen molar-refractivity contribution in [1.82, 2.24) is 15.2 Å². The minimum atomic E-state index is 0.375. The molecule has 0 bridgehead atoms. The van der Waals surface area contributed by atoms with Crippen LogP contribution in [0.25, 0.3) is 0 Å². The van der Waals surface area contributed by atoms with E-state index in [0.717, 1.165) is 31.9 Å². The van der Waals surface area contributed by atoms with Gasteiger partial charge < -0.3 is 10.1 Å². The Hall–Kier alpha value is -0.970. The van der Waals surface area contributed by atoms with Crippen LogP contribution in [0.5, 0.6) is 0 Å². The number of hydrogen-bond donors (Lipinski definition) is 1. The van der Waals surface area contributed by atoms with Crippen molar-refractivity contribution >= 4 is 0 Å². The van der Waals surface area contributed by atoms with Crippen LogP contribution in [0.4, 0.5) is 0 Å². The summed E-state index contributed by atoms with van der Waals surface area (Å²) in [6.45, 7) is 11.7. The van der Waals surface area contributed by atoms with Crippen molar-refractivity contribution < 1.29 is 4.74 Å². The van der Waals surface area contributed by atoms with E-state index in [0.29, 0.717) is 12.2 Å². The molecular weight excluding hydrogens is 262 g/mol. The number of pyridine rings is 1. The number of aromatic nitrogens is 1. The van der Waals surface area contributed by atoms with E-state index in [-0.39, 0.29) is 0 Å². The fourth-order valence-electron chi connectivity index (χ4n) is 2.98. The highest BCUT2D eigenvalue weighted by atomic mass is 16.5. The number of ether oxygens (including phenoxy) is 1. The molecule has 0 unspecified atom stereocenters. The van der Waals surface area contributed by atoms with Crippen LogP contribution in [0.1, 0.15) is 37.9 Å². The number of aryl methyl sites for hydroxylation is 1. The second kappa shape index (κ2) is 8.47. The molecule has 0 radical (unpaired) electrons. The van der Waals surface area contributed by atoms with Crippen LogP contribution in [0.15, 0.2) is 18.3 Å². The molecule has 1 fully saturated rings. The van der Waals surface area contributed by atoms with Crippen LogP contribution in [0.2, 0.25) is 0 Å². The molecule has 0 saturated carbocycles. The first-order valence-electron chi connectivity index (χ1n) is 8.14. The van der Waals surface area contributed by atoms with Gasteiger partial charge in [-0.25, -0.2) is 0 Å². The van der Waals surface area contributed by atoms with E-state index in [2.05, 4.69) is 42.0 Å². The van der Waals surface area contributed by atoms with Gasteiger partial charge in [-0.3, -0.25) is 9.88 Å². The Bertz CT molecular complexity index is 414. The van der Waals surface area contributed by atoms with Gasteiger partial charge >= 0.3 is 0 Å². The van der Waals surface area contributed by atoms with E-state index in [1.165, 1.54) is 24.9 Å². The predicted molar refractivity (Wildman–Crippen MR) is 86.4 cm³/mol. The molecule has 1 N–H and O–H groups in total. The zero-order chi connectivity index (χ0) is 15.1. The summed E-state index contributed by atoms with van der Waals surface area (Å²) in [6, 6.07) is 4.15. The van der Waals surface area contributed by atoms with Crippen molar-refractivity contribution in [2.24, 2.45) is 0 Å². The number of morpholine rings is 1. The Balaban J connectivity index is 1.55. The Labute approximate surface area is 128 Å². The van der Waals surface area contributed by atoms with Gasteiger partial charge in [0.1, 0.15) is 0 Å². The van der Waals surface area contributed by atoms with Crippen LogP contribution in [-0.2, 0) is 11.3 Å². The standard InChI is InChI=1S/C17H29N3O/c1-14-12-20(13-15(2)21-14)10-5-4-8-18-11-17-7-6-9-19-16(17)3/h6-7,9,14-15,18H,4-5,8,10-13H2,1-3H3/t14-,15+. The van der Waals surface area contributed by atoms with Crippen molar-refractivity contribution in [1.29, 1.82) is 0 Å². The topological polar surface area (TPSA) is 37.4 Å². The van der Waals surface area contributed by atoms with Crippen LogP contribution >= 0.6 is 0 Å². The molecule has 1 saturated heterocycles. The highest BCUT2D eigenvalue weighted by Gasteiger charge is 2.21. The van der Waals surface area contributed by atoms with Crippen LogP contribution < -0.4 is 5.32 Å². The molecule has 2 heterocycles. The summed E-state index contributed by atoms with van der Waals surface area (Å²) in [7, 11) is 0. The molecule has 4 nitrogen and oxygen atoms in total. The maximum atomic E-state index is 5.76. The van der Waals surface area contributed by atoms with Crippen LogP contribution in [0.3, 0.4) is 0 Å². The average Bonchev–Trinajstić information content (AvgIpc) is 2.43. The van der Waals surface area contributed by atoms with E-state index in [1.807, 2.05) is 12.3 Å². The Kier molecular flexibility index (Phi) is 6.61. The fourth-order valence-corrected chi connectivity index (χ4v) is 2.98. The lowest BCUT2D eigenvalue weighted by Crippen LogP contribution is -2.45. The molecule has 0 aliphatic carbocycles. The molecule has 0 aromatic carbocycles. The van der Waals surface area contributed by atoms with Crippen LogP contribution in [-0.4, -0.2) is 48.3 Å². The number of nitrogens with zero attached hydrogens (tertiary/aromatic N) is 2. The van der Waals surface area contributed by atoms with E-state index < -0.39 is 0 Å². The lowest BCUT2D eigenvalue weighted by Gasteiger charge is -2.35. The minimum Gasteiger partial charge on any atom is -0.373 e. The number of nitrogens with one attached hydrogen (secondary N) is 1. The maximum absolute atomic E-state index is 5.76. The van der Waals surface area contributed by atoms with E-state index in [4.69, 9.17) is 4.74 Å². The lowest BCUT2D eigenvalue weighted by atomic mass is 10.2. The third-order valence-electron chi connectivity index (χ3n) is 4.00. The second-order valence-corrected chi connectivity index (χ2v) is 6.15. The highest BCUT2D eigenvalue weighted by molar-refractivity contribution is 5.17. The van der Waals surface area contributed by atoms with Gasteiger partial charge in [-0.05, 0) is 58.3 Å². The third kappa shape index (κ3) is 5.73. The summed E-state index contributed by atoms with van der Waals surface area (Å²) in [4.78, 5) is 6.84. The van der Waals surface area contributed by atoms with Gasteiger partial charge in [0.15, 0.2) is 0 Å². The van der Waals surface area contributed by atoms with Gasteiger partial charge in [0.2, 0.25) is 0 Å². The predicted octanol–water partition coefficient (Wildman–Crippen LogP) is 2.37. The first-order chi connectivity index (χ1) is 10.1.